The van der Waals surface area contributed by atoms with E-state index < -0.39 is 0 Å². The van der Waals surface area contributed by atoms with Gasteiger partial charge in [-0.2, -0.15) is 5.10 Å². The van der Waals surface area contributed by atoms with Crippen LogP contribution in [0.15, 0.2) is 65.8 Å². The number of benzene rings is 3. The fourth-order valence-corrected chi connectivity index (χ4v) is 4.22. The molecule has 172 valence electrons. The summed E-state index contributed by atoms with van der Waals surface area (Å²) in [5.74, 6) is 1.13. The molecule has 0 saturated heterocycles. The first kappa shape index (κ1) is 22.8. The van der Waals surface area contributed by atoms with Crippen LogP contribution in [-0.4, -0.2) is 31.8 Å². The number of nitrogens with zero attached hydrogens (tertiary/aromatic N) is 1. The van der Waals surface area contributed by atoms with E-state index in [2.05, 4.69) is 40.1 Å². The number of carbonyl (C=O) groups excluding carboxylic acids is 1. The fraction of sp³-hybridized carbons (Fsp3) is 0.333. The molecule has 1 amide bonds. The average Bonchev–Trinajstić information content (AvgIpc) is 2.87. The van der Waals surface area contributed by atoms with Crippen molar-refractivity contribution in [3.63, 3.8) is 0 Å². The quantitative estimate of drug-likeness (QED) is 0.367. The minimum Gasteiger partial charge on any atom is -0.493 e. The van der Waals surface area contributed by atoms with Crippen LogP contribution in [-0.2, 0) is 11.4 Å². The first-order chi connectivity index (χ1) is 16.2. The zero-order valence-corrected chi connectivity index (χ0v) is 19.0. The number of nitrogens with one attached hydrogen (secondary N) is 2. The normalized spacial score (nSPS) is 14.5. The van der Waals surface area contributed by atoms with Gasteiger partial charge in [-0.1, -0.05) is 61.7 Å². The van der Waals surface area contributed by atoms with Gasteiger partial charge >= 0.3 is 0 Å². The highest BCUT2D eigenvalue weighted by molar-refractivity contribution is 5.86. The summed E-state index contributed by atoms with van der Waals surface area (Å²) in [5.41, 5.74) is 4.51. The summed E-state index contributed by atoms with van der Waals surface area (Å²) in [6.45, 7) is 0.724. The van der Waals surface area contributed by atoms with Crippen molar-refractivity contribution in [1.82, 2.24) is 10.7 Å². The minimum atomic E-state index is -0.140. The highest BCUT2D eigenvalue weighted by atomic mass is 16.5. The third kappa shape index (κ3) is 6.33. The SMILES string of the molecule is COc1cc(/C=N\NC(=O)CNC2CCCCC2)ccc1OCc1cccc2ccccc12. The van der Waals surface area contributed by atoms with Crippen LogP contribution in [0.2, 0.25) is 0 Å². The number of hydrogen-bond acceptors (Lipinski definition) is 5. The first-order valence-corrected chi connectivity index (χ1v) is 11.6. The second kappa shape index (κ2) is 11.5. The molecule has 0 unspecified atom stereocenters. The first-order valence-electron chi connectivity index (χ1n) is 11.6. The van der Waals surface area contributed by atoms with E-state index in [1.807, 2.05) is 36.4 Å². The van der Waals surface area contributed by atoms with Crippen LogP contribution in [0.25, 0.3) is 10.8 Å². The topological polar surface area (TPSA) is 72.0 Å². The summed E-state index contributed by atoms with van der Waals surface area (Å²) >= 11 is 0. The number of hydrogen-bond donors (Lipinski definition) is 2. The molecule has 3 aromatic carbocycles. The number of fused-ring (bicyclic) bond motifs is 1. The van der Waals surface area contributed by atoms with Gasteiger partial charge in [0.05, 0.1) is 19.9 Å². The van der Waals surface area contributed by atoms with Gasteiger partial charge in [-0.3, -0.25) is 4.79 Å². The predicted molar refractivity (Wildman–Crippen MR) is 132 cm³/mol. The molecule has 0 radical (unpaired) electrons. The molecule has 0 aliphatic heterocycles. The highest BCUT2D eigenvalue weighted by Crippen LogP contribution is 2.29. The van der Waals surface area contributed by atoms with E-state index in [1.165, 1.54) is 30.0 Å². The molecule has 1 aliphatic rings. The molecule has 3 aromatic rings. The van der Waals surface area contributed by atoms with Crippen molar-refractivity contribution in [1.29, 1.82) is 0 Å². The molecular formula is C27H31N3O3. The fourth-order valence-electron chi connectivity index (χ4n) is 4.22. The standard InChI is InChI=1S/C27H31N3O3/c1-32-26-16-20(17-29-30-27(31)18-28-23-11-3-2-4-12-23)14-15-25(26)33-19-22-10-7-9-21-8-5-6-13-24(21)22/h5-10,13-17,23,28H,2-4,11-12,18-19H2,1H3,(H,30,31)/b29-17-. The van der Waals surface area contributed by atoms with Crippen LogP contribution in [0, 0.1) is 0 Å². The van der Waals surface area contributed by atoms with Crippen molar-refractivity contribution >= 4 is 22.9 Å². The minimum absolute atomic E-state index is 0.140. The molecule has 1 aliphatic carbocycles. The van der Waals surface area contributed by atoms with Gasteiger partial charge in [-0.05, 0) is 52.9 Å². The van der Waals surface area contributed by atoms with E-state index in [9.17, 15) is 4.79 Å². The Balaban J connectivity index is 1.32. The monoisotopic (exact) mass is 445 g/mol. The van der Waals surface area contributed by atoms with E-state index in [-0.39, 0.29) is 12.5 Å². The third-order valence-electron chi connectivity index (χ3n) is 6.01. The molecule has 0 heterocycles. The van der Waals surface area contributed by atoms with Crippen molar-refractivity contribution in [3.8, 4) is 11.5 Å². The van der Waals surface area contributed by atoms with Crippen molar-refractivity contribution in [3.05, 3.63) is 71.8 Å². The van der Waals surface area contributed by atoms with Gasteiger partial charge in [-0.15, -0.1) is 0 Å². The molecule has 0 bridgehead atoms. The van der Waals surface area contributed by atoms with Crippen LogP contribution < -0.4 is 20.2 Å². The Morgan fingerprint density at radius 3 is 2.70 bits per heavy atom. The Morgan fingerprint density at radius 2 is 1.85 bits per heavy atom. The third-order valence-corrected chi connectivity index (χ3v) is 6.01. The van der Waals surface area contributed by atoms with Crippen molar-refractivity contribution in [2.45, 2.75) is 44.8 Å². The number of ether oxygens (including phenoxy) is 2. The van der Waals surface area contributed by atoms with Crippen LogP contribution in [0.4, 0.5) is 0 Å². The van der Waals surface area contributed by atoms with Crippen LogP contribution in [0.3, 0.4) is 0 Å². The average molecular weight is 446 g/mol. The summed E-state index contributed by atoms with van der Waals surface area (Å²) < 4.78 is 11.6. The number of rotatable bonds is 9. The molecule has 6 heteroatoms. The molecule has 0 spiro atoms. The van der Waals surface area contributed by atoms with Gasteiger partial charge in [0.1, 0.15) is 6.61 Å². The van der Waals surface area contributed by atoms with E-state index in [0.29, 0.717) is 24.1 Å². The maximum Gasteiger partial charge on any atom is 0.254 e. The molecule has 0 aromatic heterocycles. The molecule has 33 heavy (non-hydrogen) atoms. The van der Waals surface area contributed by atoms with Crippen LogP contribution in [0.1, 0.15) is 43.2 Å². The molecule has 1 saturated carbocycles. The summed E-state index contributed by atoms with van der Waals surface area (Å²) in [5, 5.41) is 9.75. The molecule has 1 fully saturated rings. The van der Waals surface area contributed by atoms with Gasteiger partial charge in [0, 0.05) is 6.04 Å². The van der Waals surface area contributed by atoms with E-state index in [1.54, 1.807) is 13.3 Å². The maximum atomic E-state index is 12.0. The Morgan fingerprint density at radius 1 is 1.03 bits per heavy atom. The van der Waals surface area contributed by atoms with Crippen LogP contribution in [0.5, 0.6) is 11.5 Å². The Bertz CT molecular complexity index is 1100. The summed E-state index contributed by atoms with van der Waals surface area (Å²) in [6.07, 6.45) is 7.67. The van der Waals surface area contributed by atoms with Crippen LogP contribution >= 0.6 is 0 Å². The lowest BCUT2D eigenvalue weighted by Gasteiger charge is -2.22. The summed E-state index contributed by atoms with van der Waals surface area (Å²) in [6, 6.07) is 20.5. The highest BCUT2D eigenvalue weighted by Gasteiger charge is 2.13. The van der Waals surface area contributed by atoms with Gasteiger partial charge in [0.25, 0.3) is 5.91 Å². The van der Waals surface area contributed by atoms with Crippen molar-refractivity contribution in [2.75, 3.05) is 13.7 Å². The lowest BCUT2D eigenvalue weighted by Crippen LogP contribution is -2.38. The molecular weight excluding hydrogens is 414 g/mol. The second-order valence-corrected chi connectivity index (χ2v) is 8.35. The van der Waals surface area contributed by atoms with Crippen molar-refractivity contribution < 1.29 is 14.3 Å². The molecule has 0 atom stereocenters. The molecule has 6 nitrogen and oxygen atoms in total. The van der Waals surface area contributed by atoms with Gasteiger partial charge in [-0.25, -0.2) is 5.43 Å². The summed E-state index contributed by atoms with van der Waals surface area (Å²) in [4.78, 5) is 12.0. The zero-order chi connectivity index (χ0) is 22.9. The predicted octanol–water partition coefficient (Wildman–Crippen LogP) is 4.80. The number of amides is 1. The lowest BCUT2D eigenvalue weighted by atomic mass is 9.95. The number of hydrazone groups is 1. The smallest absolute Gasteiger partial charge is 0.254 e. The Kier molecular flexibility index (Phi) is 7.93. The molecule has 4 rings (SSSR count). The zero-order valence-electron chi connectivity index (χ0n) is 19.0. The van der Waals surface area contributed by atoms with E-state index >= 15 is 0 Å². The molecule has 2 N–H and O–H groups in total. The van der Waals surface area contributed by atoms with E-state index in [4.69, 9.17) is 9.47 Å². The second-order valence-electron chi connectivity index (χ2n) is 8.35. The largest absolute Gasteiger partial charge is 0.493 e. The van der Waals surface area contributed by atoms with Gasteiger partial charge in [0.2, 0.25) is 0 Å². The Labute approximate surface area is 195 Å². The van der Waals surface area contributed by atoms with Gasteiger partial charge in [0.15, 0.2) is 11.5 Å². The number of methoxy groups -OCH3 is 1. The summed E-state index contributed by atoms with van der Waals surface area (Å²) in [7, 11) is 1.61. The Hall–Kier alpha value is -3.38. The van der Waals surface area contributed by atoms with E-state index in [0.717, 1.165) is 24.0 Å². The maximum absolute atomic E-state index is 12.0. The van der Waals surface area contributed by atoms with Gasteiger partial charge < -0.3 is 14.8 Å². The lowest BCUT2D eigenvalue weighted by molar-refractivity contribution is -0.120. The van der Waals surface area contributed by atoms with Crippen molar-refractivity contribution in [2.24, 2.45) is 5.10 Å². The number of carbonyl (C=O) groups is 1.